The molecule has 0 bridgehead atoms. The van der Waals surface area contributed by atoms with E-state index < -0.39 is 0 Å². The minimum atomic E-state index is 0.0125. The van der Waals surface area contributed by atoms with Crippen LogP contribution in [0.25, 0.3) is 10.2 Å². The van der Waals surface area contributed by atoms with Crippen molar-refractivity contribution in [3.63, 3.8) is 0 Å². The number of nitrogens with zero attached hydrogens (tertiary/aromatic N) is 2. The largest absolute Gasteiger partial charge is 0.494 e. The molecule has 29 heavy (non-hydrogen) atoms. The summed E-state index contributed by atoms with van der Waals surface area (Å²) in [6.07, 6.45) is 2.04. The first-order valence-corrected chi connectivity index (χ1v) is 11.6. The fraction of sp³-hybridized carbons (Fsp3) is 0.333. The maximum atomic E-state index is 13.2. The molecule has 2 heterocycles. The number of para-hydroxylation sites is 1. The van der Waals surface area contributed by atoms with Gasteiger partial charge in [0.05, 0.1) is 30.2 Å². The van der Waals surface area contributed by atoms with Crippen molar-refractivity contribution in [2.24, 2.45) is 0 Å². The van der Waals surface area contributed by atoms with Crippen LogP contribution < -0.4 is 9.64 Å². The van der Waals surface area contributed by atoms with Crippen molar-refractivity contribution in [2.45, 2.75) is 23.8 Å². The predicted octanol–water partition coefficient (Wildman–Crippen LogP) is 5.26. The second-order valence-electron chi connectivity index (χ2n) is 6.69. The average Bonchev–Trinajstić information content (AvgIpc) is 3.40. The molecule has 1 fully saturated rings. The minimum Gasteiger partial charge on any atom is -0.494 e. The first kappa shape index (κ1) is 20.5. The number of amides is 1. The lowest BCUT2D eigenvalue weighted by Gasteiger charge is -2.23. The van der Waals surface area contributed by atoms with E-state index >= 15 is 0 Å². The van der Waals surface area contributed by atoms with Gasteiger partial charge in [0.25, 0.3) is 0 Å². The molecule has 1 atom stereocenters. The van der Waals surface area contributed by atoms with Crippen LogP contribution in [0, 0.1) is 0 Å². The number of rotatable bonds is 7. The fourth-order valence-electron chi connectivity index (χ4n) is 3.22. The molecule has 5 nitrogen and oxygen atoms in total. The number of carbonyl (C=O) groups is 1. The third-order valence-electron chi connectivity index (χ3n) is 4.71. The van der Waals surface area contributed by atoms with Crippen LogP contribution in [-0.4, -0.2) is 43.0 Å². The van der Waals surface area contributed by atoms with Gasteiger partial charge in [-0.3, -0.25) is 9.69 Å². The number of carbonyl (C=O) groups excluding carboxylic acids is 1. The Labute approximate surface area is 183 Å². The number of anilines is 1. The number of halogens is 1. The van der Waals surface area contributed by atoms with Crippen molar-refractivity contribution < 1.29 is 14.3 Å². The molecule has 152 valence electrons. The van der Waals surface area contributed by atoms with Crippen LogP contribution in [0.3, 0.4) is 0 Å². The molecule has 4 rings (SSSR count). The van der Waals surface area contributed by atoms with E-state index in [0.29, 0.717) is 28.2 Å². The molecule has 0 spiro atoms. The second kappa shape index (κ2) is 9.34. The summed E-state index contributed by atoms with van der Waals surface area (Å²) in [4.78, 5) is 20.7. The normalized spacial score (nSPS) is 16.3. The standard InChI is InChI=1S/C21H21ClN2O3S2/c1-26-17-5-2-6-18-20(17)23-21(29-18)24(12-15-4-3-11-27-15)19(25)13-28-16-9-7-14(22)8-10-16/h2,5-10,15H,3-4,11-13H2,1H3. The number of thioether (sulfide) groups is 1. The molecular formula is C21H21ClN2O3S2. The zero-order chi connectivity index (χ0) is 20.2. The van der Waals surface area contributed by atoms with E-state index in [0.717, 1.165) is 34.6 Å². The van der Waals surface area contributed by atoms with Gasteiger partial charge in [0.2, 0.25) is 5.91 Å². The average molecular weight is 449 g/mol. The van der Waals surface area contributed by atoms with Gasteiger partial charge in [-0.25, -0.2) is 4.98 Å². The van der Waals surface area contributed by atoms with E-state index in [1.165, 1.54) is 23.1 Å². The van der Waals surface area contributed by atoms with E-state index in [1.807, 2.05) is 42.5 Å². The highest BCUT2D eigenvalue weighted by Gasteiger charge is 2.26. The topological polar surface area (TPSA) is 51.7 Å². The van der Waals surface area contributed by atoms with Gasteiger partial charge in [0.15, 0.2) is 5.13 Å². The van der Waals surface area contributed by atoms with E-state index in [2.05, 4.69) is 0 Å². The van der Waals surface area contributed by atoms with Crippen LogP contribution in [0.5, 0.6) is 5.75 Å². The Balaban J connectivity index is 1.57. The highest BCUT2D eigenvalue weighted by molar-refractivity contribution is 8.00. The molecule has 0 aliphatic carbocycles. The summed E-state index contributed by atoms with van der Waals surface area (Å²) < 4.78 is 12.2. The van der Waals surface area contributed by atoms with E-state index in [4.69, 9.17) is 26.1 Å². The number of hydrogen-bond acceptors (Lipinski definition) is 6. The molecule has 8 heteroatoms. The van der Waals surface area contributed by atoms with Crippen molar-refractivity contribution >= 4 is 56.0 Å². The molecular weight excluding hydrogens is 428 g/mol. The van der Waals surface area contributed by atoms with Crippen LogP contribution in [-0.2, 0) is 9.53 Å². The van der Waals surface area contributed by atoms with E-state index in [-0.39, 0.29) is 12.0 Å². The molecule has 0 radical (unpaired) electrons. The predicted molar refractivity (Wildman–Crippen MR) is 120 cm³/mol. The van der Waals surface area contributed by atoms with Crippen molar-refractivity contribution in [3.8, 4) is 5.75 Å². The maximum absolute atomic E-state index is 13.2. The zero-order valence-electron chi connectivity index (χ0n) is 16.0. The van der Waals surface area contributed by atoms with Gasteiger partial charge in [-0.1, -0.05) is 29.0 Å². The molecule has 1 aromatic heterocycles. The number of fused-ring (bicyclic) bond motifs is 1. The summed E-state index contributed by atoms with van der Waals surface area (Å²) in [5.74, 6) is 1.05. The van der Waals surface area contributed by atoms with Gasteiger partial charge in [0, 0.05) is 16.5 Å². The Morgan fingerprint density at radius 1 is 1.34 bits per heavy atom. The van der Waals surface area contributed by atoms with Crippen LogP contribution >= 0.6 is 34.7 Å². The number of ether oxygens (including phenoxy) is 2. The fourth-order valence-corrected chi connectivity index (χ4v) is 5.13. The summed E-state index contributed by atoms with van der Waals surface area (Å²) in [5, 5.41) is 1.37. The van der Waals surface area contributed by atoms with E-state index in [9.17, 15) is 4.79 Å². The molecule has 1 amide bonds. The number of hydrogen-bond donors (Lipinski definition) is 0. The number of aromatic nitrogens is 1. The molecule has 1 saturated heterocycles. The molecule has 0 saturated carbocycles. The minimum absolute atomic E-state index is 0.0125. The number of methoxy groups -OCH3 is 1. The van der Waals surface area contributed by atoms with Crippen molar-refractivity contribution in [1.82, 2.24) is 4.98 Å². The Morgan fingerprint density at radius 2 is 2.17 bits per heavy atom. The molecule has 3 aromatic rings. The van der Waals surface area contributed by atoms with Gasteiger partial charge >= 0.3 is 0 Å². The van der Waals surface area contributed by atoms with Crippen molar-refractivity contribution in [3.05, 3.63) is 47.5 Å². The van der Waals surface area contributed by atoms with Crippen LogP contribution in [0.15, 0.2) is 47.4 Å². The highest BCUT2D eigenvalue weighted by Crippen LogP contribution is 2.35. The molecule has 2 aromatic carbocycles. The monoisotopic (exact) mass is 448 g/mol. The smallest absolute Gasteiger partial charge is 0.239 e. The van der Waals surface area contributed by atoms with Crippen LogP contribution in [0.4, 0.5) is 5.13 Å². The Morgan fingerprint density at radius 3 is 2.90 bits per heavy atom. The maximum Gasteiger partial charge on any atom is 0.239 e. The SMILES string of the molecule is COc1cccc2sc(N(CC3CCCO3)C(=O)CSc3ccc(Cl)cc3)nc12. The van der Waals surface area contributed by atoms with Crippen LogP contribution in [0.2, 0.25) is 5.02 Å². The number of benzene rings is 2. The van der Waals surface area contributed by atoms with Gasteiger partial charge in [-0.2, -0.15) is 0 Å². The Kier molecular flexibility index (Phi) is 6.60. The lowest BCUT2D eigenvalue weighted by Crippen LogP contribution is -2.38. The Bertz CT molecular complexity index is 987. The first-order valence-electron chi connectivity index (χ1n) is 9.38. The van der Waals surface area contributed by atoms with Crippen molar-refractivity contribution in [1.29, 1.82) is 0 Å². The molecule has 0 N–H and O–H groups in total. The van der Waals surface area contributed by atoms with E-state index in [1.54, 1.807) is 12.0 Å². The van der Waals surface area contributed by atoms with Gasteiger partial charge < -0.3 is 9.47 Å². The third-order valence-corrected chi connectivity index (χ3v) is 7.00. The summed E-state index contributed by atoms with van der Waals surface area (Å²) in [5.41, 5.74) is 0.783. The highest BCUT2D eigenvalue weighted by atomic mass is 35.5. The zero-order valence-corrected chi connectivity index (χ0v) is 18.4. The quantitative estimate of drug-likeness (QED) is 0.461. The lowest BCUT2D eigenvalue weighted by atomic mass is 10.2. The third kappa shape index (κ3) is 4.86. The molecule has 1 aliphatic heterocycles. The second-order valence-corrected chi connectivity index (χ2v) is 9.18. The summed E-state index contributed by atoms with van der Waals surface area (Å²) >= 11 is 8.94. The van der Waals surface area contributed by atoms with Crippen molar-refractivity contribution in [2.75, 3.05) is 30.9 Å². The van der Waals surface area contributed by atoms with Gasteiger partial charge in [0.1, 0.15) is 11.3 Å². The molecule has 1 unspecified atom stereocenters. The summed E-state index contributed by atoms with van der Waals surface area (Å²) in [6.45, 7) is 1.27. The summed E-state index contributed by atoms with van der Waals surface area (Å²) in [7, 11) is 1.63. The van der Waals surface area contributed by atoms with Gasteiger partial charge in [-0.15, -0.1) is 11.8 Å². The van der Waals surface area contributed by atoms with Gasteiger partial charge in [-0.05, 0) is 49.2 Å². The Hall–Kier alpha value is -1.80. The summed E-state index contributed by atoms with van der Waals surface area (Å²) in [6, 6.07) is 13.3. The lowest BCUT2D eigenvalue weighted by molar-refractivity contribution is -0.116. The first-order chi connectivity index (χ1) is 14.1. The number of thiazole rings is 1. The molecule has 1 aliphatic rings. The van der Waals surface area contributed by atoms with Crippen LogP contribution in [0.1, 0.15) is 12.8 Å².